The van der Waals surface area contributed by atoms with Gasteiger partial charge in [0.15, 0.2) is 11.6 Å². The summed E-state index contributed by atoms with van der Waals surface area (Å²) >= 11 is 0. The minimum absolute atomic E-state index is 0.0418. The van der Waals surface area contributed by atoms with Crippen molar-refractivity contribution in [1.82, 2.24) is 9.97 Å². The van der Waals surface area contributed by atoms with Crippen LogP contribution in [0.2, 0.25) is 0 Å². The summed E-state index contributed by atoms with van der Waals surface area (Å²) in [6, 6.07) is -0.485. The fourth-order valence-corrected chi connectivity index (χ4v) is 2.03. The summed E-state index contributed by atoms with van der Waals surface area (Å²) < 4.78 is 0. The van der Waals surface area contributed by atoms with Crippen LogP contribution in [0, 0.1) is 0 Å². The average Bonchev–Trinajstić information content (AvgIpc) is 2.13. The highest BCUT2D eigenvalue weighted by Gasteiger charge is 2.39. The first kappa shape index (κ1) is 11.4. The fourth-order valence-electron chi connectivity index (χ4n) is 2.03. The highest BCUT2D eigenvalue weighted by Crippen LogP contribution is 2.29. The predicted octanol–water partition coefficient (Wildman–Crippen LogP) is -0.0743. The van der Waals surface area contributed by atoms with Gasteiger partial charge in [-0.3, -0.25) is 14.6 Å². The minimum atomic E-state index is -0.536. The van der Waals surface area contributed by atoms with Crippen LogP contribution >= 0.6 is 0 Å². The Bertz CT molecular complexity index is 534. The summed E-state index contributed by atoms with van der Waals surface area (Å²) in [4.78, 5) is 29.6. The molecule has 1 unspecified atom stereocenters. The van der Waals surface area contributed by atoms with Crippen molar-refractivity contribution < 1.29 is 4.79 Å². The Balaban J connectivity index is 2.54. The lowest BCUT2D eigenvalue weighted by atomic mass is 9.89. The van der Waals surface area contributed by atoms with Gasteiger partial charge in [-0.25, -0.2) is 0 Å². The average molecular weight is 237 g/mol. The van der Waals surface area contributed by atoms with Crippen LogP contribution < -0.4 is 21.9 Å². The van der Waals surface area contributed by atoms with E-state index in [1.54, 1.807) is 0 Å². The molecule has 1 aromatic heterocycles. The summed E-state index contributed by atoms with van der Waals surface area (Å²) in [6.45, 7) is 5.19. The molecule has 0 spiro atoms. The number of hydrogen-bond donors (Lipinski definition) is 4. The predicted molar refractivity (Wildman–Crippen MR) is 65.1 cm³/mol. The quantitative estimate of drug-likeness (QED) is 0.543. The van der Waals surface area contributed by atoms with Gasteiger partial charge in [0.25, 0.3) is 5.56 Å². The van der Waals surface area contributed by atoms with E-state index in [1.807, 2.05) is 13.8 Å². The topological polar surface area (TPSA) is 113 Å². The number of anilines is 3. The third-order valence-corrected chi connectivity index (χ3v) is 2.80. The van der Waals surface area contributed by atoms with Crippen molar-refractivity contribution in [2.75, 3.05) is 16.4 Å². The van der Waals surface area contributed by atoms with E-state index in [-0.39, 0.29) is 23.0 Å². The van der Waals surface area contributed by atoms with Gasteiger partial charge in [-0.1, -0.05) is 0 Å². The number of rotatable bonds is 1. The van der Waals surface area contributed by atoms with Gasteiger partial charge >= 0.3 is 0 Å². The van der Waals surface area contributed by atoms with Crippen molar-refractivity contribution in [2.24, 2.45) is 0 Å². The molecule has 0 fully saturated rings. The van der Waals surface area contributed by atoms with Crippen LogP contribution in [0.1, 0.15) is 20.8 Å². The lowest BCUT2D eigenvalue weighted by molar-refractivity contribution is -0.118. The molecule has 1 aliphatic rings. The third-order valence-electron chi connectivity index (χ3n) is 2.80. The van der Waals surface area contributed by atoms with Gasteiger partial charge in [0.1, 0.15) is 11.7 Å². The van der Waals surface area contributed by atoms with E-state index in [2.05, 4.69) is 20.6 Å². The number of nitrogens with one attached hydrogen (secondary N) is 3. The molecule has 92 valence electrons. The molecule has 0 aliphatic carbocycles. The van der Waals surface area contributed by atoms with E-state index in [9.17, 15) is 9.59 Å². The first-order valence-electron chi connectivity index (χ1n) is 5.26. The Kier molecular flexibility index (Phi) is 2.34. The summed E-state index contributed by atoms with van der Waals surface area (Å²) in [5.41, 5.74) is 4.79. The van der Waals surface area contributed by atoms with Crippen molar-refractivity contribution in [1.29, 1.82) is 0 Å². The molecule has 0 radical (unpaired) electrons. The zero-order valence-corrected chi connectivity index (χ0v) is 9.92. The number of carbonyl (C=O) groups is 1. The van der Waals surface area contributed by atoms with Crippen molar-refractivity contribution >= 4 is 23.2 Å². The molecule has 1 atom stereocenters. The molecular weight excluding hydrogens is 222 g/mol. The standard InChI is InChI=1S/C10H15N5O2/c1-4(16)6-10(2,3)15-7-5(12-6)8(17)14-9(11)13-7/h6,12H,1-3H3,(H4,11,13,14,15,17). The second-order valence-electron chi connectivity index (χ2n) is 4.71. The van der Waals surface area contributed by atoms with Gasteiger partial charge in [0.2, 0.25) is 5.95 Å². The Morgan fingerprint density at radius 3 is 2.71 bits per heavy atom. The summed E-state index contributed by atoms with van der Waals surface area (Å²) in [7, 11) is 0. The number of carbonyl (C=O) groups excluding carboxylic acids is 1. The van der Waals surface area contributed by atoms with Crippen LogP contribution in [0.25, 0.3) is 0 Å². The van der Waals surface area contributed by atoms with Crippen LogP contribution in [-0.2, 0) is 4.79 Å². The number of hydrogen-bond acceptors (Lipinski definition) is 6. The molecular formula is C10H15N5O2. The Morgan fingerprint density at radius 2 is 2.12 bits per heavy atom. The summed E-state index contributed by atoms with van der Waals surface area (Å²) in [5.74, 6) is 0.359. The van der Waals surface area contributed by atoms with Gasteiger partial charge in [-0.2, -0.15) is 4.98 Å². The third kappa shape index (κ3) is 1.83. The van der Waals surface area contributed by atoms with E-state index < -0.39 is 11.6 Å². The van der Waals surface area contributed by atoms with E-state index >= 15 is 0 Å². The highest BCUT2D eigenvalue weighted by molar-refractivity contribution is 5.89. The number of H-pyrrole nitrogens is 1. The number of Topliss-reactive ketones (excluding diaryl/α,β-unsaturated/α-hetero) is 1. The molecule has 2 rings (SSSR count). The number of aromatic amines is 1. The van der Waals surface area contributed by atoms with Crippen LogP contribution in [0.4, 0.5) is 17.5 Å². The first-order valence-corrected chi connectivity index (χ1v) is 5.26. The fraction of sp³-hybridized carbons (Fsp3) is 0.500. The molecule has 7 nitrogen and oxygen atoms in total. The second kappa shape index (κ2) is 3.47. The summed E-state index contributed by atoms with van der Waals surface area (Å²) in [6.07, 6.45) is 0. The number of fused-ring (bicyclic) bond motifs is 1. The molecule has 5 N–H and O–H groups in total. The normalized spacial score (nSPS) is 21.0. The van der Waals surface area contributed by atoms with Crippen molar-refractivity contribution in [2.45, 2.75) is 32.4 Å². The van der Waals surface area contributed by atoms with Gasteiger partial charge < -0.3 is 16.4 Å². The second-order valence-corrected chi connectivity index (χ2v) is 4.71. The van der Waals surface area contributed by atoms with Gasteiger partial charge in [-0.15, -0.1) is 0 Å². The number of aromatic nitrogens is 2. The Hall–Kier alpha value is -2.05. The molecule has 0 amide bonds. The van der Waals surface area contributed by atoms with Crippen LogP contribution in [-0.4, -0.2) is 27.3 Å². The molecule has 1 aromatic rings. The molecule has 1 aliphatic heterocycles. The molecule has 17 heavy (non-hydrogen) atoms. The maximum atomic E-state index is 11.7. The van der Waals surface area contributed by atoms with Crippen molar-refractivity contribution in [3.05, 3.63) is 10.4 Å². The lowest BCUT2D eigenvalue weighted by Gasteiger charge is -2.39. The molecule has 0 aromatic carbocycles. The van der Waals surface area contributed by atoms with Crippen molar-refractivity contribution in [3.8, 4) is 0 Å². The van der Waals surface area contributed by atoms with E-state index in [0.29, 0.717) is 5.82 Å². The monoisotopic (exact) mass is 237 g/mol. The largest absolute Gasteiger partial charge is 0.369 e. The van der Waals surface area contributed by atoms with Gasteiger partial charge in [0.05, 0.1) is 5.54 Å². The van der Waals surface area contributed by atoms with Crippen LogP contribution in [0.5, 0.6) is 0 Å². The maximum absolute atomic E-state index is 11.7. The minimum Gasteiger partial charge on any atom is -0.369 e. The molecule has 2 heterocycles. The molecule has 0 bridgehead atoms. The molecule has 0 saturated carbocycles. The number of nitrogen functional groups attached to an aromatic ring is 1. The zero-order chi connectivity index (χ0) is 12.8. The SMILES string of the molecule is CC(=O)C1Nc2c(nc(N)[nH]c2=O)NC1(C)C. The smallest absolute Gasteiger partial charge is 0.277 e. The van der Waals surface area contributed by atoms with Crippen LogP contribution in [0.3, 0.4) is 0 Å². The highest BCUT2D eigenvalue weighted by atomic mass is 16.1. The first-order chi connectivity index (χ1) is 7.81. The van der Waals surface area contributed by atoms with Crippen LogP contribution in [0.15, 0.2) is 4.79 Å². The van der Waals surface area contributed by atoms with Crippen molar-refractivity contribution in [3.63, 3.8) is 0 Å². The summed E-state index contributed by atoms with van der Waals surface area (Å²) in [5, 5.41) is 5.96. The molecule has 7 heteroatoms. The maximum Gasteiger partial charge on any atom is 0.277 e. The Morgan fingerprint density at radius 1 is 1.47 bits per heavy atom. The number of nitrogens with zero attached hydrogens (tertiary/aromatic N) is 1. The van der Waals surface area contributed by atoms with E-state index in [0.717, 1.165) is 0 Å². The lowest BCUT2D eigenvalue weighted by Crippen LogP contribution is -2.56. The van der Waals surface area contributed by atoms with E-state index in [4.69, 9.17) is 5.73 Å². The number of ketones is 1. The molecule has 0 saturated heterocycles. The Labute approximate surface area is 97.8 Å². The van der Waals surface area contributed by atoms with Gasteiger partial charge in [-0.05, 0) is 20.8 Å². The van der Waals surface area contributed by atoms with E-state index in [1.165, 1.54) is 6.92 Å². The number of nitrogens with two attached hydrogens (primary N) is 1. The van der Waals surface area contributed by atoms with Gasteiger partial charge in [0, 0.05) is 0 Å². The zero-order valence-electron chi connectivity index (χ0n) is 9.92.